The van der Waals surface area contributed by atoms with Gasteiger partial charge in [0.1, 0.15) is 5.75 Å². The molecule has 0 aliphatic heterocycles. The molecule has 0 saturated carbocycles. The van der Waals surface area contributed by atoms with Crippen LogP contribution in [0.5, 0.6) is 5.75 Å². The summed E-state index contributed by atoms with van der Waals surface area (Å²) in [5, 5.41) is 10.5. The molecule has 4 heteroatoms. The van der Waals surface area contributed by atoms with Gasteiger partial charge in [-0.25, -0.2) is 4.79 Å². The highest BCUT2D eigenvalue weighted by atomic mass is 16.5. The van der Waals surface area contributed by atoms with Gasteiger partial charge in [0.25, 0.3) is 0 Å². The number of aliphatic carboxylic acids is 1. The van der Waals surface area contributed by atoms with Crippen LogP contribution in [-0.4, -0.2) is 22.7 Å². The molecule has 1 heterocycles. The van der Waals surface area contributed by atoms with E-state index < -0.39 is 5.97 Å². The summed E-state index contributed by atoms with van der Waals surface area (Å²) in [4.78, 5) is 14.5. The number of nitrogens with zero attached hydrogens (tertiary/aromatic N) is 1. The molecule has 0 amide bonds. The highest BCUT2D eigenvalue weighted by Crippen LogP contribution is 2.20. The molecule has 82 valence electrons. The Bertz CT molecular complexity index is 537. The van der Waals surface area contributed by atoms with E-state index in [1.54, 1.807) is 12.3 Å². The first-order valence-electron chi connectivity index (χ1n) is 4.86. The zero-order valence-electron chi connectivity index (χ0n) is 8.80. The van der Waals surface area contributed by atoms with E-state index in [0.29, 0.717) is 5.75 Å². The molecule has 0 aliphatic rings. The summed E-state index contributed by atoms with van der Waals surface area (Å²) in [5.74, 6) is -0.425. The fourth-order valence-electron chi connectivity index (χ4n) is 1.46. The number of fused-ring (bicyclic) bond motifs is 1. The van der Waals surface area contributed by atoms with Gasteiger partial charge in [-0.2, -0.15) is 0 Å². The van der Waals surface area contributed by atoms with Crippen molar-refractivity contribution in [2.45, 2.75) is 6.92 Å². The Hall–Kier alpha value is -2.10. The van der Waals surface area contributed by atoms with Crippen molar-refractivity contribution in [3.8, 4) is 5.75 Å². The Balaban J connectivity index is 2.31. The predicted octanol–water partition coefficient (Wildman–Crippen LogP) is 2.01. The van der Waals surface area contributed by atoms with Gasteiger partial charge in [0.2, 0.25) is 0 Å². The van der Waals surface area contributed by atoms with E-state index in [1.165, 1.54) is 0 Å². The van der Waals surface area contributed by atoms with Crippen molar-refractivity contribution in [2.75, 3.05) is 6.61 Å². The van der Waals surface area contributed by atoms with Gasteiger partial charge in [0.05, 0.1) is 0 Å². The summed E-state index contributed by atoms with van der Waals surface area (Å²) in [6, 6.07) is 7.34. The fourth-order valence-corrected chi connectivity index (χ4v) is 1.46. The largest absolute Gasteiger partial charge is 0.482 e. The van der Waals surface area contributed by atoms with Gasteiger partial charge in [-0.15, -0.1) is 0 Å². The summed E-state index contributed by atoms with van der Waals surface area (Å²) < 4.78 is 5.10. The quantitative estimate of drug-likeness (QED) is 0.854. The van der Waals surface area contributed by atoms with Gasteiger partial charge in [-0.3, -0.25) is 4.98 Å². The second kappa shape index (κ2) is 4.18. The lowest BCUT2D eigenvalue weighted by Gasteiger charge is -2.05. The fraction of sp³-hybridized carbons (Fsp3) is 0.167. The Morgan fingerprint density at radius 1 is 1.38 bits per heavy atom. The number of ether oxygens (including phenoxy) is 1. The van der Waals surface area contributed by atoms with E-state index in [0.717, 1.165) is 16.5 Å². The summed E-state index contributed by atoms with van der Waals surface area (Å²) in [6.07, 6.45) is 1.78. The van der Waals surface area contributed by atoms with E-state index in [-0.39, 0.29) is 6.61 Å². The van der Waals surface area contributed by atoms with E-state index in [9.17, 15) is 4.79 Å². The summed E-state index contributed by atoms with van der Waals surface area (Å²) in [7, 11) is 0. The van der Waals surface area contributed by atoms with Crippen molar-refractivity contribution in [1.29, 1.82) is 0 Å². The molecule has 0 aliphatic carbocycles. The molecule has 4 nitrogen and oxygen atoms in total. The van der Waals surface area contributed by atoms with Crippen LogP contribution < -0.4 is 4.74 Å². The Morgan fingerprint density at radius 3 is 2.94 bits per heavy atom. The number of benzene rings is 1. The third-order valence-corrected chi connectivity index (χ3v) is 2.19. The van der Waals surface area contributed by atoms with Gasteiger partial charge >= 0.3 is 5.97 Å². The minimum absolute atomic E-state index is 0.324. The van der Waals surface area contributed by atoms with Crippen molar-refractivity contribution in [1.82, 2.24) is 4.98 Å². The van der Waals surface area contributed by atoms with Crippen LogP contribution in [0.15, 0.2) is 30.5 Å². The Kier molecular flexibility index (Phi) is 2.72. The predicted molar refractivity (Wildman–Crippen MR) is 59.6 cm³/mol. The lowest BCUT2D eigenvalue weighted by Crippen LogP contribution is -2.09. The monoisotopic (exact) mass is 217 g/mol. The maximum Gasteiger partial charge on any atom is 0.341 e. The summed E-state index contributed by atoms with van der Waals surface area (Å²) >= 11 is 0. The number of carbonyl (C=O) groups is 1. The summed E-state index contributed by atoms with van der Waals surface area (Å²) in [5.41, 5.74) is 0.919. The van der Waals surface area contributed by atoms with Crippen molar-refractivity contribution < 1.29 is 14.6 Å². The van der Waals surface area contributed by atoms with Crippen molar-refractivity contribution in [2.24, 2.45) is 0 Å². The van der Waals surface area contributed by atoms with Crippen LogP contribution in [0.1, 0.15) is 5.69 Å². The van der Waals surface area contributed by atoms with Crippen LogP contribution >= 0.6 is 0 Å². The molecule has 1 aromatic heterocycles. The van der Waals surface area contributed by atoms with Crippen LogP contribution in [0.2, 0.25) is 0 Å². The first-order valence-corrected chi connectivity index (χ1v) is 4.86. The van der Waals surface area contributed by atoms with Gasteiger partial charge in [0.15, 0.2) is 6.61 Å². The first-order chi connectivity index (χ1) is 7.65. The number of hydrogen-bond donors (Lipinski definition) is 1. The van der Waals surface area contributed by atoms with Crippen LogP contribution in [0.4, 0.5) is 0 Å². The number of carboxylic acids is 1. The van der Waals surface area contributed by atoms with Crippen molar-refractivity contribution in [3.63, 3.8) is 0 Å². The molecule has 0 bridgehead atoms. The molecule has 0 radical (unpaired) electrons. The molecule has 16 heavy (non-hydrogen) atoms. The third-order valence-electron chi connectivity index (χ3n) is 2.19. The normalized spacial score (nSPS) is 10.3. The van der Waals surface area contributed by atoms with Crippen LogP contribution in [-0.2, 0) is 4.79 Å². The van der Waals surface area contributed by atoms with Crippen LogP contribution in [0.3, 0.4) is 0 Å². The van der Waals surface area contributed by atoms with Crippen molar-refractivity contribution in [3.05, 3.63) is 36.2 Å². The molecule has 0 saturated heterocycles. The van der Waals surface area contributed by atoms with Gasteiger partial charge in [-0.05, 0) is 36.6 Å². The molecule has 0 fully saturated rings. The molecule has 2 aromatic rings. The average Bonchev–Trinajstić information content (AvgIpc) is 2.25. The smallest absolute Gasteiger partial charge is 0.341 e. The van der Waals surface area contributed by atoms with Crippen LogP contribution in [0, 0.1) is 6.92 Å². The van der Waals surface area contributed by atoms with Gasteiger partial charge < -0.3 is 9.84 Å². The highest BCUT2D eigenvalue weighted by molar-refractivity contribution is 5.83. The first kappa shape index (κ1) is 10.4. The number of aromatic nitrogens is 1. The van der Waals surface area contributed by atoms with E-state index in [2.05, 4.69) is 4.98 Å². The van der Waals surface area contributed by atoms with Gasteiger partial charge in [0, 0.05) is 17.3 Å². The minimum atomic E-state index is -0.981. The third kappa shape index (κ3) is 2.28. The lowest BCUT2D eigenvalue weighted by molar-refractivity contribution is -0.139. The zero-order valence-corrected chi connectivity index (χ0v) is 8.80. The molecular weight excluding hydrogens is 206 g/mol. The topological polar surface area (TPSA) is 59.4 Å². The molecule has 2 rings (SSSR count). The number of carboxylic acid groups (broad SMARTS) is 1. The number of hydrogen-bond acceptors (Lipinski definition) is 3. The summed E-state index contributed by atoms with van der Waals surface area (Å²) in [6.45, 7) is 1.58. The number of pyridine rings is 1. The molecule has 0 spiro atoms. The lowest BCUT2D eigenvalue weighted by atomic mass is 10.1. The molecule has 0 atom stereocenters. The average molecular weight is 217 g/mol. The van der Waals surface area contributed by atoms with Crippen molar-refractivity contribution >= 4 is 16.7 Å². The highest BCUT2D eigenvalue weighted by Gasteiger charge is 2.01. The second-order valence-corrected chi connectivity index (χ2v) is 3.52. The standard InChI is InChI=1S/C12H11NO3/c1-8-4-10-5-11(16-7-12(14)15)3-2-9(10)6-13-8/h2-6H,7H2,1H3,(H,14,15). The number of rotatable bonds is 3. The maximum absolute atomic E-state index is 10.4. The molecule has 1 aromatic carbocycles. The van der Waals surface area contributed by atoms with E-state index in [4.69, 9.17) is 9.84 Å². The SMILES string of the molecule is Cc1cc2cc(OCC(=O)O)ccc2cn1. The van der Waals surface area contributed by atoms with E-state index >= 15 is 0 Å². The van der Waals surface area contributed by atoms with E-state index in [1.807, 2.05) is 25.1 Å². The number of aryl methyl sites for hydroxylation is 1. The zero-order chi connectivity index (χ0) is 11.5. The Morgan fingerprint density at radius 2 is 2.19 bits per heavy atom. The molecule has 1 N–H and O–H groups in total. The maximum atomic E-state index is 10.4. The van der Waals surface area contributed by atoms with Gasteiger partial charge in [-0.1, -0.05) is 0 Å². The van der Waals surface area contributed by atoms with Crippen LogP contribution in [0.25, 0.3) is 10.8 Å². The second-order valence-electron chi connectivity index (χ2n) is 3.52. The Labute approximate surface area is 92.5 Å². The minimum Gasteiger partial charge on any atom is -0.482 e. The molecule has 0 unspecified atom stereocenters. The molecular formula is C12H11NO3.